The molecule has 4 aromatic carbocycles. The summed E-state index contributed by atoms with van der Waals surface area (Å²) in [5.74, 6) is 3.93. The van der Waals surface area contributed by atoms with Gasteiger partial charge in [-0.1, -0.05) is 72.8 Å². The van der Waals surface area contributed by atoms with E-state index in [9.17, 15) is 0 Å². The molecular weight excluding hydrogens is 558 g/mol. The van der Waals surface area contributed by atoms with Crippen molar-refractivity contribution in [3.63, 3.8) is 0 Å². The normalized spacial score (nSPS) is 11.1. The van der Waals surface area contributed by atoms with E-state index in [4.69, 9.17) is 18.9 Å². The van der Waals surface area contributed by atoms with Gasteiger partial charge in [0.1, 0.15) is 23.0 Å². The van der Waals surface area contributed by atoms with E-state index < -0.39 is 15.8 Å². The Morgan fingerprint density at radius 1 is 0.381 bits per heavy atom. The summed E-state index contributed by atoms with van der Waals surface area (Å²) in [4.78, 5) is 0. The minimum Gasteiger partial charge on any atom is -0.493 e. The summed E-state index contributed by atoms with van der Waals surface area (Å²) >= 11 is 0. The quantitative estimate of drug-likeness (QED) is 0.0920. The van der Waals surface area contributed by atoms with Gasteiger partial charge in [0.25, 0.3) is 0 Å². The third-order valence-corrected chi connectivity index (χ3v) is 12.2. The smallest absolute Gasteiger partial charge is 0.127 e. The molecule has 0 radical (unpaired) electrons. The number of rotatable bonds is 17. The zero-order chi connectivity index (χ0) is 29.6. The SMILES string of the molecule is CCOc1ccccc1P(CCCCP(c1ccccc1OCC)c1ccccc1OCC)c1ccccc1OCC. The highest BCUT2D eigenvalue weighted by atomic mass is 31.1. The predicted molar refractivity (Wildman–Crippen MR) is 182 cm³/mol. The molecule has 0 N–H and O–H groups in total. The molecule has 0 aromatic heterocycles. The maximum absolute atomic E-state index is 6.12. The molecule has 4 aromatic rings. The van der Waals surface area contributed by atoms with Crippen molar-refractivity contribution in [1.82, 2.24) is 0 Å². The second-order valence-corrected chi connectivity index (χ2v) is 14.1. The van der Waals surface area contributed by atoms with Gasteiger partial charge in [-0.05, 0) is 93.0 Å². The largest absolute Gasteiger partial charge is 0.493 e. The third kappa shape index (κ3) is 8.27. The fraction of sp³-hybridized carbons (Fsp3) is 0.333. The van der Waals surface area contributed by atoms with Crippen LogP contribution in [-0.4, -0.2) is 38.8 Å². The molecule has 0 atom stereocenters. The molecule has 0 unspecified atom stereocenters. The van der Waals surface area contributed by atoms with E-state index in [1.807, 2.05) is 0 Å². The minimum atomic E-state index is -0.671. The monoisotopic (exact) mass is 602 g/mol. The molecule has 4 nitrogen and oxygen atoms in total. The molecule has 4 rings (SSSR count). The molecule has 0 saturated heterocycles. The average Bonchev–Trinajstić information content (AvgIpc) is 3.02. The summed E-state index contributed by atoms with van der Waals surface area (Å²) in [6, 6.07) is 34.1. The molecule has 0 spiro atoms. The van der Waals surface area contributed by atoms with E-state index in [0.29, 0.717) is 26.4 Å². The van der Waals surface area contributed by atoms with Crippen molar-refractivity contribution in [2.75, 3.05) is 38.8 Å². The van der Waals surface area contributed by atoms with Crippen LogP contribution in [0.15, 0.2) is 97.1 Å². The van der Waals surface area contributed by atoms with E-state index in [2.05, 4.69) is 125 Å². The fourth-order valence-corrected chi connectivity index (χ4v) is 10.4. The van der Waals surface area contributed by atoms with Crippen LogP contribution in [-0.2, 0) is 0 Å². The molecule has 0 aliphatic rings. The molecule has 0 aliphatic heterocycles. The summed E-state index contributed by atoms with van der Waals surface area (Å²) in [7, 11) is -1.34. The lowest BCUT2D eigenvalue weighted by atomic mass is 10.3. The van der Waals surface area contributed by atoms with E-state index in [0.717, 1.165) is 48.2 Å². The van der Waals surface area contributed by atoms with Gasteiger partial charge in [-0.15, -0.1) is 0 Å². The Hall–Kier alpha value is -3.06. The highest BCUT2D eigenvalue weighted by molar-refractivity contribution is 7.73. The molecule has 0 aliphatic carbocycles. The van der Waals surface area contributed by atoms with Crippen LogP contribution in [0.25, 0.3) is 0 Å². The maximum atomic E-state index is 6.12. The van der Waals surface area contributed by atoms with Crippen molar-refractivity contribution >= 4 is 37.1 Å². The van der Waals surface area contributed by atoms with Gasteiger partial charge in [-0.25, -0.2) is 0 Å². The van der Waals surface area contributed by atoms with Crippen LogP contribution >= 0.6 is 15.8 Å². The number of para-hydroxylation sites is 4. The molecule has 0 amide bonds. The first kappa shape index (κ1) is 31.9. The summed E-state index contributed by atoms with van der Waals surface area (Å²) < 4.78 is 24.5. The lowest BCUT2D eigenvalue weighted by molar-refractivity contribution is 0.342. The van der Waals surface area contributed by atoms with Crippen LogP contribution in [0.2, 0.25) is 0 Å². The highest BCUT2D eigenvalue weighted by Gasteiger charge is 2.24. The topological polar surface area (TPSA) is 36.9 Å². The van der Waals surface area contributed by atoms with Crippen molar-refractivity contribution in [3.8, 4) is 23.0 Å². The van der Waals surface area contributed by atoms with Gasteiger partial charge in [-0.2, -0.15) is 0 Å². The second kappa shape index (κ2) is 17.2. The van der Waals surface area contributed by atoms with Gasteiger partial charge in [0.05, 0.1) is 26.4 Å². The second-order valence-electron chi connectivity index (χ2n) is 9.61. The number of unbranched alkanes of at least 4 members (excludes halogenated alkanes) is 1. The van der Waals surface area contributed by atoms with Crippen molar-refractivity contribution in [2.45, 2.75) is 40.5 Å². The lowest BCUT2D eigenvalue weighted by Gasteiger charge is -2.25. The van der Waals surface area contributed by atoms with Crippen LogP contribution < -0.4 is 40.2 Å². The minimum absolute atomic E-state index is 0.649. The fourth-order valence-electron chi connectivity index (χ4n) is 5.11. The number of ether oxygens (including phenoxy) is 4. The van der Waals surface area contributed by atoms with Crippen molar-refractivity contribution in [1.29, 1.82) is 0 Å². The summed E-state index contributed by atoms with van der Waals surface area (Å²) in [5.41, 5.74) is 0. The molecule has 0 fully saturated rings. The Morgan fingerprint density at radius 3 is 0.857 bits per heavy atom. The first-order valence-corrected chi connectivity index (χ1v) is 18.2. The first-order chi connectivity index (χ1) is 20.7. The molecule has 42 heavy (non-hydrogen) atoms. The molecular formula is C36H44O4P2. The zero-order valence-electron chi connectivity index (χ0n) is 25.4. The Balaban J connectivity index is 1.63. The predicted octanol–water partition coefficient (Wildman–Crippen LogP) is 7.63. The van der Waals surface area contributed by atoms with E-state index >= 15 is 0 Å². The van der Waals surface area contributed by atoms with Crippen molar-refractivity contribution in [3.05, 3.63) is 97.1 Å². The highest BCUT2D eigenvalue weighted by Crippen LogP contribution is 2.44. The number of benzene rings is 4. The van der Waals surface area contributed by atoms with Crippen LogP contribution in [0.4, 0.5) is 0 Å². The molecule has 222 valence electrons. The van der Waals surface area contributed by atoms with Gasteiger partial charge < -0.3 is 18.9 Å². The Kier molecular flexibility index (Phi) is 13.0. The van der Waals surface area contributed by atoms with Gasteiger partial charge >= 0.3 is 0 Å². The Morgan fingerprint density at radius 2 is 0.619 bits per heavy atom. The van der Waals surface area contributed by atoms with E-state index in [1.54, 1.807) is 0 Å². The van der Waals surface area contributed by atoms with Crippen LogP contribution in [0, 0.1) is 0 Å². The lowest BCUT2D eigenvalue weighted by Crippen LogP contribution is -2.20. The van der Waals surface area contributed by atoms with Crippen LogP contribution in [0.3, 0.4) is 0 Å². The average molecular weight is 603 g/mol. The summed E-state index contributed by atoms with van der Waals surface area (Å²) in [6.07, 6.45) is 4.32. The van der Waals surface area contributed by atoms with Gasteiger partial charge in [0.2, 0.25) is 0 Å². The number of hydrogen-bond donors (Lipinski definition) is 0. The van der Waals surface area contributed by atoms with E-state index in [1.165, 1.54) is 21.2 Å². The van der Waals surface area contributed by atoms with Gasteiger partial charge in [0.15, 0.2) is 0 Å². The molecule has 0 bridgehead atoms. The van der Waals surface area contributed by atoms with Crippen LogP contribution in [0.1, 0.15) is 40.5 Å². The first-order valence-electron chi connectivity index (χ1n) is 15.1. The molecule has 0 heterocycles. The Bertz CT molecular complexity index is 1170. The van der Waals surface area contributed by atoms with Crippen molar-refractivity contribution < 1.29 is 18.9 Å². The number of hydrogen-bond acceptors (Lipinski definition) is 4. The van der Waals surface area contributed by atoms with Crippen molar-refractivity contribution in [2.24, 2.45) is 0 Å². The van der Waals surface area contributed by atoms with Gasteiger partial charge in [0, 0.05) is 21.2 Å². The summed E-state index contributed by atoms with van der Waals surface area (Å²) in [5, 5.41) is 5.14. The van der Waals surface area contributed by atoms with Gasteiger partial charge in [-0.3, -0.25) is 0 Å². The Labute approximate surface area is 254 Å². The van der Waals surface area contributed by atoms with Crippen LogP contribution in [0.5, 0.6) is 23.0 Å². The molecule has 0 saturated carbocycles. The third-order valence-electron chi connectivity index (χ3n) is 6.84. The zero-order valence-corrected chi connectivity index (χ0v) is 27.2. The summed E-state index contributed by atoms with van der Waals surface area (Å²) in [6.45, 7) is 10.8. The maximum Gasteiger partial charge on any atom is 0.127 e. The standard InChI is InChI=1S/C36H44O4P2/c1-5-37-29-19-9-13-23-33(29)41(34-24-14-10-20-30(34)38-6-2)27-17-18-28-42(35-25-15-11-21-31(35)39-7-3)36-26-16-12-22-32(36)40-8-4/h9-16,19-26H,5-8,17-18,27-28H2,1-4H3. The van der Waals surface area contributed by atoms with E-state index in [-0.39, 0.29) is 0 Å². The molecule has 6 heteroatoms.